The van der Waals surface area contributed by atoms with Crippen LogP contribution in [0.15, 0.2) is 72.8 Å². The molecular weight excluding hydrogens is 471 g/mol. The second kappa shape index (κ2) is 8.89. The lowest BCUT2D eigenvalue weighted by atomic mass is 9.99. The van der Waals surface area contributed by atoms with Crippen molar-refractivity contribution in [3.05, 3.63) is 94.0 Å². The summed E-state index contributed by atoms with van der Waals surface area (Å²) in [5.74, 6) is 3.24. The second-order valence-corrected chi connectivity index (χ2v) is 14.7. The van der Waals surface area contributed by atoms with Crippen molar-refractivity contribution < 1.29 is 9.90 Å². The number of hydrogen-bond acceptors (Lipinski definition) is 2. The first-order valence-corrected chi connectivity index (χ1v) is 14.8. The highest BCUT2D eigenvalue weighted by Gasteiger charge is 2.51. The van der Waals surface area contributed by atoms with E-state index in [-0.39, 0.29) is 12.6 Å². The molecule has 4 nitrogen and oxygen atoms in total. The molecule has 1 N–H and O–H groups in total. The van der Waals surface area contributed by atoms with E-state index in [0.717, 1.165) is 5.56 Å². The van der Waals surface area contributed by atoms with Gasteiger partial charge in [-0.05, 0) is 60.7 Å². The number of carbonyl (C=O) groups is 1. The largest absolute Gasteiger partial charge is 0.365 e. The molecule has 1 atom stereocenters. The van der Waals surface area contributed by atoms with Crippen molar-refractivity contribution >= 4 is 48.7 Å². The van der Waals surface area contributed by atoms with Gasteiger partial charge in [-0.15, -0.1) is 5.54 Å². The van der Waals surface area contributed by atoms with Crippen LogP contribution in [0.25, 0.3) is 0 Å². The fourth-order valence-electron chi connectivity index (χ4n) is 3.70. The summed E-state index contributed by atoms with van der Waals surface area (Å²) in [5, 5.41) is 13.1. The van der Waals surface area contributed by atoms with E-state index >= 15 is 0 Å². The lowest BCUT2D eigenvalue weighted by Gasteiger charge is -2.32. The molecule has 1 heterocycles. The minimum absolute atomic E-state index is 0.0427. The molecule has 1 saturated heterocycles. The molecule has 0 radical (unpaired) electrons. The topological polar surface area (TPSA) is 43.8 Å². The summed E-state index contributed by atoms with van der Waals surface area (Å²) in [6.07, 6.45) is 0. The Hall–Kier alpha value is -2.75. The molecule has 1 aliphatic rings. The van der Waals surface area contributed by atoms with Crippen molar-refractivity contribution in [2.45, 2.75) is 25.4 Å². The standard InChI is InChI=1S/C26H24Cl2N2O2Si/c1-33(2,3)16-15-19-5-4-6-20(17-19)26(32)18-29(23-11-7-21(27)8-12-23)25(31)30(26)24-13-9-22(28)10-14-24/h4-14,17,32H,18H2,1-3H3. The van der Waals surface area contributed by atoms with Crippen molar-refractivity contribution in [2.24, 2.45) is 0 Å². The molecule has 3 aromatic rings. The third kappa shape index (κ3) is 4.95. The number of carbonyl (C=O) groups excluding carboxylic acids is 1. The monoisotopic (exact) mass is 494 g/mol. The van der Waals surface area contributed by atoms with Crippen LogP contribution in [-0.4, -0.2) is 25.8 Å². The van der Waals surface area contributed by atoms with Gasteiger partial charge in [0.05, 0.1) is 6.54 Å². The molecule has 2 amide bonds. The van der Waals surface area contributed by atoms with Gasteiger partial charge in [0.1, 0.15) is 8.07 Å². The quantitative estimate of drug-likeness (QED) is 0.332. The number of β-amino-alcohol motifs (C(OH)–C–C–N with tert-alkyl or cyclic N) is 1. The molecule has 7 heteroatoms. The molecule has 33 heavy (non-hydrogen) atoms. The molecular formula is C26H24Cl2N2O2Si. The van der Waals surface area contributed by atoms with E-state index in [4.69, 9.17) is 23.2 Å². The molecule has 168 valence electrons. The van der Waals surface area contributed by atoms with Gasteiger partial charge in [0.25, 0.3) is 0 Å². The highest BCUT2D eigenvalue weighted by atomic mass is 35.5. The summed E-state index contributed by atoms with van der Waals surface area (Å²) in [4.78, 5) is 16.6. The first-order chi connectivity index (χ1) is 15.6. The Balaban J connectivity index is 1.82. The van der Waals surface area contributed by atoms with E-state index in [9.17, 15) is 9.90 Å². The summed E-state index contributed by atoms with van der Waals surface area (Å²) in [6.45, 7) is 6.58. The number of hydrogen-bond donors (Lipinski definition) is 1. The van der Waals surface area contributed by atoms with E-state index in [2.05, 4.69) is 31.1 Å². The lowest BCUT2D eigenvalue weighted by Crippen LogP contribution is -2.44. The first kappa shape index (κ1) is 23.4. The molecule has 4 rings (SSSR count). The van der Waals surface area contributed by atoms with E-state index in [1.807, 2.05) is 24.3 Å². The smallest absolute Gasteiger partial charge is 0.331 e. The normalized spacial score (nSPS) is 18.3. The zero-order valence-corrected chi connectivity index (χ0v) is 21.2. The van der Waals surface area contributed by atoms with Crippen LogP contribution in [0.3, 0.4) is 0 Å². The number of rotatable bonds is 3. The zero-order valence-electron chi connectivity index (χ0n) is 18.6. The van der Waals surface area contributed by atoms with Crippen LogP contribution >= 0.6 is 23.2 Å². The van der Waals surface area contributed by atoms with Crippen molar-refractivity contribution in [3.8, 4) is 11.5 Å². The number of amides is 2. The minimum atomic E-state index is -1.61. The van der Waals surface area contributed by atoms with Crippen molar-refractivity contribution in [3.63, 3.8) is 0 Å². The van der Waals surface area contributed by atoms with Crippen molar-refractivity contribution in [1.82, 2.24) is 0 Å². The fraction of sp³-hybridized carbons (Fsp3) is 0.192. The Morgan fingerprint density at radius 3 is 2.06 bits per heavy atom. The van der Waals surface area contributed by atoms with Gasteiger partial charge in [0.2, 0.25) is 0 Å². The highest BCUT2D eigenvalue weighted by Crippen LogP contribution is 2.40. The third-order valence-electron chi connectivity index (χ3n) is 5.30. The van der Waals surface area contributed by atoms with Gasteiger partial charge in [0, 0.05) is 32.5 Å². The molecule has 0 aromatic heterocycles. The summed E-state index contributed by atoms with van der Waals surface area (Å²) in [6, 6.07) is 20.9. The van der Waals surface area contributed by atoms with Crippen LogP contribution in [0.5, 0.6) is 0 Å². The fourth-order valence-corrected chi connectivity index (χ4v) is 4.47. The maximum absolute atomic E-state index is 13.6. The predicted octanol–water partition coefficient (Wildman–Crippen LogP) is 6.51. The highest BCUT2D eigenvalue weighted by molar-refractivity contribution is 6.83. The Morgan fingerprint density at radius 1 is 0.909 bits per heavy atom. The molecule has 1 unspecified atom stereocenters. The van der Waals surface area contributed by atoms with Crippen LogP contribution in [-0.2, 0) is 5.72 Å². The average Bonchev–Trinajstić information content (AvgIpc) is 3.05. The van der Waals surface area contributed by atoms with Crippen LogP contribution in [0.4, 0.5) is 16.2 Å². The van der Waals surface area contributed by atoms with Gasteiger partial charge >= 0.3 is 6.03 Å². The van der Waals surface area contributed by atoms with Gasteiger partial charge in [-0.1, -0.05) is 60.9 Å². The van der Waals surface area contributed by atoms with Crippen molar-refractivity contribution in [2.75, 3.05) is 16.3 Å². The summed E-state index contributed by atoms with van der Waals surface area (Å²) in [7, 11) is -1.57. The van der Waals surface area contributed by atoms with Gasteiger partial charge in [-0.25, -0.2) is 4.79 Å². The molecule has 1 aliphatic heterocycles. The average molecular weight is 495 g/mol. The van der Waals surface area contributed by atoms with Gasteiger partial charge in [-0.2, -0.15) is 0 Å². The Kier molecular flexibility index (Phi) is 6.30. The first-order valence-electron chi connectivity index (χ1n) is 10.6. The summed E-state index contributed by atoms with van der Waals surface area (Å²) < 4.78 is 0. The number of nitrogens with zero attached hydrogens (tertiary/aromatic N) is 2. The van der Waals surface area contributed by atoms with Crippen LogP contribution in [0.1, 0.15) is 11.1 Å². The van der Waals surface area contributed by atoms with Crippen molar-refractivity contribution in [1.29, 1.82) is 0 Å². The third-order valence-corrected chi connectivity index (χ3v) is 6.68. The molecule has 0 saturated carbocycles. The number of aliphatic hydroxyl groups is 1. The van der Waals surface area contributed by atoms with Gasteiger partial charge in [-0.3, -0.25) is 9.80 Å². The number of urea groups is 1. The maximum atomic E-state index is 13.6. The minimum Gasteiger partial charge on any atom is -0.365 e. The van der Waals surface area contributed by atoms with Crippen LogP contribution in [0.2, 0.25) is 29.7 Å². The molecule has 0 bridgehead atoms. The maximum Gasteiger partial charge on any atom is 0.331 e. The molecule has 0 aliphatic carbocycles. The molecule has 3 aromatic carbocycles. The van der Waals surface area contributed by atoms with Crippen LogP contribution < -0.4 is 9.80 Å². The summed E-state index contributed by atoms with van der Waals surface area (Å²) in [5.41, 5.74) is 4.33. The van der Waals surface area contributed by atoms with E-state index in [1.165, 1.54) is 4.90 Å². The number of benzene rings is 3. The Labute approximate surface area is 205 Å². The van der Waals surface area contributed by atoms with E-state index in [1.54, 1.807) is 53.4 Å². The number of anilines is 2. The lowest BCUT2D eigenvalue weighted by molar-refractivity contribution is 0.0655. The Morgan fingerprint density at radius 2 is 1.48 bits per heavy atom. The summed E-state index contributed by atoms with van der Waals surface area (Å²) >= 11 is 12.1. The second-order valence-electron chi connectivity index (χ2n) is 9.05. The van der Waals surface area contributed by atoms with Crippen LogP contribution in [0, 0.1) is 11.5 Å². The van der Waals surface area contributed by atoms with Gasteiger partial charge < -0.3 is 5.11 Å². The van der Waals surface area contributed by atoms with Gasteiger partial charge in [0.15, 0.2) is 5.72 Å². The molecule has 1 fully saturated rings. The number of halogens is 2. The zero-order chi connectivity index (χ0) is 23.8. The SMILES string of the molecule is C[Si](C)(C)C#Cc1cccc(C2(O)CN(c3ccc(Cl)cc3)C(=O)N2c2ccc(Cl)cc2)c1. The van der Waals surface area contributed by atoms with E-state index in [0.29, 0.717) is 27.0 Å². The molecule has 0 spiro atoms. The Bertz CT molecular complexity index is 1240. The predicted molar refractivity (Wildman–Crippen MR) is 139 cm³/mol. The van der Waals surface area contributed by atoms with E-state index < -0.39 is 13.8 Å².